The highest BCUT2D eigenvalue weighted by Crippen LogP contribution is 2.24. The summed E-state index contributed by atoms with van der Waals surface area (Å²) < 4.78 is 30.2. The van der Waals surface area contributed by atoms with Crippen molar-refractivity contribution in [2.75, 3.05) is 39.0 Å². The van der Waals surface area contributed by atoms with Crippen LogP contribution in [0.25, 0.3) is 10.8 Å². The number of benzene rings is 1. The number of amides is 1. The minimum Gasteiger partial charge on any atom is -0.462 e. The molecular weight excluding hydrogens is 448 g/mol. The van der Waals surface area contributed by atoms with Crippen LogP contribution in [0.4, 0.5) is 0 Å². The van der Waals surface area contributed by atoms with Gasteiger partial charge in [-0.15, -0.1) is 11.3 Å². The summed E-state index contributed by atoms with van der Waals surface area (Å²) in [4.78, 5) is 21.7. The second-order valence-corrected chi connectivity index (χ2v) is 10.5. The number of nitrogens with zero attached hydrogens (tertiary/aromatic N) is 3. The van der Waals surface area contributed by atoms with Gasteiger partial charge in [-0.05, 0) is 36.2 Å². The number of hydrogen-bond donors (Lipinski definition) is 1. The maximum atomic E-state index is 12.9. The highest BCUT2D eigenvalue weighted by molar-refractivity contribution is 7.88. The molecule has 10 heteroatoms. The molecule has 1 aliphatic rings. The number of aromatic nitrogens is 1. The Kier molecular flexibility index (Phi) is 7.04. The number of hydrogen-bond acceptors (Lipinski definition) is 7. The van der Waals surface area contributed by atoms with E-state index in [2.05, 4.69) is 20.0 Å². The molecule has 3 heterocycles. The number of sulfonamides is 1. The van der Waals surface area contributed by atoms with Crippen molar-refractivity contribution in [2.45, 2.75) is 13.0 Å². The molecule has 1 saturated heterocycles. The molecule has 2 aromatic heterocycles. The lowest BCUT2D eigenvalue weighted by Crippen LogP contribution is -2.48. The summed E-state index contributed by atoms with van der Waals surface area (Å²) in [6.07, 6.45) is 3.37. The summed E-state index contributed by atoms with van der Waals surface area (Å²) >= 11 is 1.58. The third-order valence-corrected chi connectivity index (χ3v) is 6.94. The van der Waals surface area contributed by atoms with Crippen molar-refractivity contribution in [2.24, 2.45) is 0 Å². The molecule has 8 nitrogen and oxygen atoms in total. The molecule has 0 bridgehead atoms. The van der Waals surface area contributed by atoms with Crippen LogP contribution in [0.2, 0.25) is 0 Å². The van der Waals surface area contributed by atoms with Crippen LogP contribution >= 0.6 is 11.3 Å². The lowest BCUT2D eigenvalue weighted by molar-refractivity contribution is 0.0627. The Labute approximate surface area is 191 Å². The second kappa shape index (κ2) is 9.95. The number of nitrogens with one attached hydrogen (secondary N) is 1. The number of rotatable bonds is 8. The molecule has 0 atom stereocenters. The highest BCUT2D eigenvalue weighted by atomic mass is 32.2. The lowest BCUT2D eigenvalue weighted by Gasteiger charge is -2.34. The van der Waals surface area contributed by atoms with Crippen LogP contribution in [0, 0.1) is 0 Å². The summed E-state index contributed by atoms with van der Waals surface area (Å²) in [6, 6.07) is 11.2. The Morgan fingerprint density at radius 3 is 2.56 bits per heavy atom. The van der Waals surface area contributed by atoms with Gasteiger partial charge in [0.05, 0.1) is 18.2 Å². The largest absolute Gasteiger partial charge is 0.462 e. The lowest BCUT2D eigenvalue weighted by atomic mass is 10.1. The van der Waals surface area contributed by atoms with Crippen molar-refractivity contribution in [1.82, 2.24) is 19.5 Å². The van der Waals surface area contributed by atoms with E-state index in [-0.39, 0.29) is 5.91 Å². The topological polar surface area (TPSA) is 95.8 Å². The summed E-state index contributed by atoms with van der Waals surface area (Å²) in [5.41, 5.74) is 2.66. The Hall–Kier alpha value is -2.53. The molecule has 1 N–H and O–H groups in total. The molecule has 0 unspecified atom stereocenters. The summed E-state index contributed by atoms with van der Waals surface area (Å²) in [7, 11) is -3.19. The molecule has 4 rings (SSSR count). The quantitative estimate of drug-likeness (QED) is 0.539. The van der Waals surface area contributed by atoms with E-state index in [1.165, 1.54) is 0 Å². The predicted octanol–water partition coefficient (Wildman–Crippen LogP) is 2.45. The SMILES string of the molecule is CS(=O)(=O)NCCc1ccc(C(=O)N2CCN(Cc3csc(-c4ccco4)n3)CC2)cc1. The zero-order valence-corrected chi connectivity index (χ0v) is 19.5. The number of thiazole rings is 1. The second-order valence-electron chi connectivity index (χ2n) is 7.80. The Morgan fingerprint density at radius 2 is 1.91 bits per heavy atom. The monoisotopic (exact) mass is 474 g/mol. The maximum Gasteiger partial charge on any atom is 0.253 e. The van der Waals surface area contributed by atoms with Gasteiger partial charge in [-0.25, -0.2) is 18.1 Å². The van der Waals surface area contributed by atoms with E-state index in [9.17, 15) is 13.2 Å². The van der Waals surface area contributed by atoms with Crippen molar-refractivity contribution in [3.8, 4) is 10.8 Å². The van der Waals surface area contributed by atoms with Crippen LogP contribution in [0.5, 0.6) is 0 Å². The Bertz CT molecular complexity index is 1130. The van der Waals surface area contributed by atoms with Crippen LogP contribution in [0.1, 0.15) is 21.6 Å². The van der Waals surface area contributed by atoms with Gasteiger partial charge >= 0.3 is 0 Å². The number of carbonyl (C=O) groups excluding carboxylic acids is 1. The Balaban J connectivity index is 1.25. The molecule has 1 aliphatic heterocycles. The first-order valence-electron chi connectivity index (χ1n) is 10.4. The van der Waals surface area contributed by atoms with E-state index >= 15 is 0 Å². The standard InChI is InChI=1S/C22H26N4O4S2/c1-32(28,29)23-9-8-17-4-6-18(7-5-17)22(27)26-12-10-25(11-13-26)15-19-16-31-21(24-19)20-3-2-14-30-20/h2-7,14,16,23H,8-13,15H2,1H3. The molecule has 1 fully saturated rings. The van der Waals surface area contributed by atoms with Gasteiger partial charge < -0.3 is 9.32 Å². The zero-order valence-electron chi connectivity index (χ0n) is 17.9. The fourth-order valence-corrected chi connectivity index (χ4v) is 4.86. The van der Waals surface area contributed by atoms with Crippen molar-refractivity contribution in [1.29, 1.82) is 0 Å². The van der Waals surface area contributed by atoms with Crippen LogP contribution < -0.4 is 4.72 Å². The minimum atomic E-state index is -3.19. The van der Waals surface area contributed by atoms with Gasteiger partial charge in [-0.2, -0.15) is 0 Å². The number of carbonyl (C=O) groups is 1. The van der Waals surface area contributed by atoms with Gasteiger partial charge in [0.15, 0.2) is 10.8 Å². The molecule has 0 saturated carbocycles. The van der Waals surface area contributed by atoms with Crippen molar-refractivity contribution in [3.63, 3.8) is 0 Å². The van der Waals surface area contributed by atoms with Crippen molar-refractivity contribution < 1.29 is 17.6 Å². The highest BCUT2D eigenvalue weighted by Gasteiger charge is 2.23. The van der Waals surface area contributed by atoms with Gasteiger partial charge in [0.1, 0.15) is 0 Å². The predicted molar refractivity (Wildman–Crippen MR) is 124 cm³/mol. The van der Waals surface area contributed by atoms with Gasteiger partial charge in [-0.1, -0.05) is 12.1 Å². The fraction of sp³-hybridized carbons (Fsp3) is 0.364. The number of furan rings is 1. The molecule has 3 aromatic rings. The van der Waals surface area contributed by atoms with Crippen LogP contribution in [-0.4, -0.2) is 68.1 Å². The van der Waals surface area contributed by atoms with Gasteiger partial charge in [-0.3, -0.25) is 9.69 Å². The minimum absolute atomic E-state index is 0.0271. The normalized spacial score (nSPS) is 15.2. The smallest absolute Gasteiger partial charge is 0.253 e. The molecule has 1 aromatic carbocycles. The first-order chi connectivity index (χ1) is 15.4. The fourth-order valence-electron chi connectivity index (χ4n) is 3.61. The molecule has 32 heavy (non-hydrogen) atoms. The van der Waals surface area contributed by atoms with E-state index in [0.717, 1.165) is 47.9 Å². The van der Waals surface area contributed by atoms with Gasteiger partial charge in [0.25, 0.3) is 5.91 Å². The van der Waals surface area contributed by atoms with Crippen LogP contribution in [0.15, 0.2) is 52.5 Å². The average Bonchev–Trinajstić information content (AvgIpc) is 3.45. The average molecular weight is 475 g/mol. The van der Waals surface area contributed by atoms with E-state index in [4.69, 9.17) is 4.42 Å². The van der Waals surface area contributed by atoms with Crippen LogP contribution in [0.3, 0.4) is 0 Å². The van der Waals surface area contributed by atoms with Gasteiger partial charge in [0.2, 0.25) is 10.0 Å². The van der Waals surface area contributed by atoms with Crippen molar-refractivity contribution in [3.05, 3.63) is 64.9 Å². The maximum absolute atomic E-state index is 12.9. The van der Waals surface area contributed by atoms with Crippen molar-refractivity contribution >= 4 is 27.3 Å². The van der Waals surface area contributed by atoms with Gasteiger partial charge in [0, 0.05) is 50.2 Å². The van der Waals surface area contributed by atoms with E-state index < -0.39 is 10.0 Å². The third-order valence-electron chi connectivity index (χ3n) is 5.31. The molecule has 1 amide bonds. The molecule has 0 spiro atoms. The van der Waals surface area contributed by atoms with E-state index in [1.54, 1.807) is 17.6 Å². The van der Waals surface area contributed by atoms with E-state index in [0.29, 0.717) is 31.6 Å². The summed E-state index contributed by atoms with van der Waals surface area (Å²) in [5.74, 6) is 0.813. The molecule has 0 radical (unpaired) electrons. The summed E-state index contributed by atoms with van der Waals surface area (Å²) in [5, 5.41) is 2.94. The number of piperazine rings is 1. The van der Waals surface area contributed by atoms with Crippen LogP contribution in [-0.2, 0) is 23.0 Å². The Morgan fingerprint density at radius 1 is 1.16 bits per heavy atom. The molecule has 0 aliphatic carbocycles. The summed E-state index contributed by atoms with van der Waals surface area (Å²) in [6.45, 7) is 4.05. The zero-order chi connectivity index (χ0) is 22.6. The first kappa shape index (κ1) is 22.7. The molecule has 170 valence electrons. The van der Waals surface area contributed by atoms with E-state index in [1.807, 2.05) is 41.3 Å². The third kappa shape index (κ3) is 6.04. The molecular formula is C22H26N4O4S2. The first-order valence-corrected chi connectivity index (χ1v) is 13.2.